The van der Waals surface area contributed by atoms with Gasteiger partial charge in [-0.05, 0) is 18.2 Å². The van der Waals surface area contributed by atoms with Gasteiger partial charge in [-0.3, -0.25) is 4.79 Å². The Morgan fingerprint density at radius 2 is 1.58 bits per heavy atom. The molecule has 0 saturated heterocycles. The Labute approximate surface area is 137 Å². The molecule has 2 aromatic carbocycles. The number of rotatable bonds is 4. The van der Waals surface area contributed by atoms with Crippen molar-refractivity contribution in [3.63, 3.8) is 0 Å². The lowest BCUT2D eigenvalue weighted by molar-refractivity contribution is 0.110. The first-order valence-electron chi connectivity index (χ1n) is 7.39. The summed E-state index contributed by atoms with van der Waals surface area (Å²) in [5.74, 6) is 1.77. The number of furan rings is 1. The van der Waals surface area contributed by atoms with Crippen molar-refractivity contribution < 1.29 is 13.7 Å². The number of aldehydes is 1. The van der Waals surface area contributed by atoms with Crippen molar-refractivity contribution in [3.05, 3.63) is 72.5 Å². The van der Waals surface area contributed by atoms with Gasteiger partial charge >= 0.3 is 0 Å². The van der Waals surface area contributed by atoms with Crippen LogP contribution in [-0.4, -0.2) is 16.4 Å². The van der Waals surface area contributed by atoms with Crippen LogP contribution in [-0.2, 0) is 0 Å². The van der Waals surface area contributed by atoms with E-state index in [2.05, 4.69) is 10.1 Å². The molecule has 2 aromatic heterocycles. The Balaban J connectivity index is 1.78. The average Bonchev–Trinajstić information content (AvgIpc) is 3.32. The number of hydrogen-bond donors (Lipinski definition) is 0. The zero-order valence-electron chi connectivity index (χ0n) is 12.5. The molecule has 5 heteroatoms. The summed E-state index contributed by atoms with van der Waals surface area (Å²) in [6.07, 6.45) is 0.673. The Morgan fingerprint density at radius 3 is 2.33 bits per heavy atom. The molecule has 4 rings (SSSR count). The summed E-state index contributed by atoms with van der Waals surface area (Å²) in [5, 5.41) is 4.05. The van der Waals surface area contributed by atoms with Crippen LogP contribution >= 0.6 is 0 Å². The lowest BCUT2D eigenvalue weighted by Gasteiger charge is -2.02. The fraction of sp³-hybridized carbons (Fsp3) is 0. The molecule has 116 valence electrons. The number of carbonyl (C=O) groups is 1. The molecule has 0 atom stereocenters. The van der Waals surface area contributed by atoms with Crippen molar-refractivity contribution >= 4 is 6.29 Å². The molecule has 0 aliphatic heterocycles. The van der Waals surface area contributed by atoms with Gasteiger partial charge in [-0.1, -0.05) is 53.7 Å². The minimum atomic E-state index is 0.273. The van der Waals surface area contributed by atoms with E-state index in [1.54, 1.807) is 12.1 Å². The molecule has 24 heavy (non-hydrogen) atoms. The first-order valence-corrected chi connectivity index (χ1v) is 7.39. The molecule has 0 radical (unpaired) electrons. The standard InChI is InChI=1S/C19H12N2O3/c22-12-14-10-11-17(23-14)15-8-4-5-9-16(15)19-20-18(21-24-19)13-6-2-1-3-7-13/h1-12H. The summed E-state index contributed by atoms with van der Waals surface area (Å²) < 4.78 is 10.9. The SMILES string of the molecule is O=Cc1ccc(-c2ccccc2-c2nc(-c3ccccc3)no2)o1. The summed E-state index contributed by atoms with van der Waals surface area (Å²) in [6, 6.07) is 20.5. The van der Waals surface area contributed by atoms with Crippen LogP contribution in [0.2, 0.25) is 0 Å². The van der Waals surface area contributed by atoms with Gasteiger partial charge in [0.2, 0.25) is 5.82 Å². The minimum absolute atomic E-state index is 0.273. The van der Waals surface area contributed by atoms with E-state index in [9.17, 15) is 4.79 Å². The summed E-state index contributed by atoms with van der Waals surface area (Å²) in [4.78, 5) is 15.3. The molecule has 4 aromatic rings. The van der Waals surface area contributed by atoms with Crippen molar-refractivity contribution in [2.24, 2.45) is 0 Å². The van der Waals surface area contributed by atoms with Crippen LogP contribution < -0.4 is 0 Å². The third kappa shape index (κ3) is 2.52. The lowest BCUT2D eigenvalue weighted by atomic mass is 10.1. The van der Waals surface area contributed by atoms with E-state index in [0.29, 0.717) is 23.8 Å². The van der Waals surface area contributed by atoms with E-state index in [1.165, 1.54) is 0 Å². The van der Waals surface area contributed by atoms with Crippen LogP contribution in [0.5, 0.6) is 0 Å². The topological polar surface area (TPSA) is 69.1 Å². The van der Waals surface area contributed by atoms with Gasteiger partial charge in [0.05, 0.1) is 5.56 Å². The molecule has 0 spiro atoms. The molecule has 0 bridgehead atoms. The first-order chi connectivity index (χ1) is 11.8. The molecule has 0 amide bonds. The second-order valence-corrected chi connectivity index (χ2v) is 5.15. The molecular weight excluding hydrogens is 304 g/mol. The molecule has 5 nitrogen and oxygen atoms in total. The van der Waals surface area contributed by atoms with Gasteiger partial charge in [-0.2, -0.15) is 4.98 Å². The highest BCUT2D eigenvalue weighted by Crippen LogP contribution is 2.32. The highest BCUT2D eigenvalue weighted by Gasteiger charge is 2.16. The van der Waals surface area contributed by atoms with E-state index < -0.39 is 0 Å². The average molecular weight is 316 g/mol. The predicted octanol–water partition coefficient (Wildman–Crippen LogP) is 4.48. The fourth-order valence-corrected chi connectivity index (χ4v) is 2.48. The maximum atomic E-state index is 10.8. The largest absolute Gasteiger partial charge is 0.453 e. The Kier molecular flexibility index (Phi) is 3.51. The molecule has 0 fully saturated rings. The van der Waals surface area contributed by atoms with Crippen LogP contribution in [0.3, 0.4) is 0 Å². The second-order valence-electron chi connectivity index (χ2n) is 5.15. The first kappa shape index (κ1) is 14.1. The van der Waals surface area contributed by atoms with Gasteiger partial charge in [-0.25, -0.2) is 0 Å². The summed E-state index contributed by atoms with van der Waals surface area (Å²) in [6.45, 7) is 0. The molecule has 0 saturated carbocycles. The second kappa shape index (κ2) is 5.96. The fourth-order valence-electron chi connectivity index (χ4n) is 2.48. The van der Waals surface area contributed by atoms with Crippen molar-refractivity contribution in [2.75, 3.05) is 0 Å². The van der Waals surface area contributed by atoms with Gasteiger partial charge in [0, 0.05) is 11.1 Å². The van der Waals surface area contributed by atoms with Gasteiger partial charge in [0.15, 0.2) is 12.0 Å². The van der Waals surface area contributed by atoms with E-state index in [-0.39, 0.29) is 5.76 Å². The van der Waals surface area contributed by atoms with Crippen molar-refractivity contribution in [3.8, 4) is 34.2 Å². The van der Waals surface area contributed by atoms with Crippen molar-refractivity contribution in [2.45, 2.75) is 0 Å². The Bertz CT molecular complexity index is 987. The third-order valence-corrected chi connectivity index (χ3v) is 3.62. The van der Waals surface area contributed by atoms with Crippen molar-refractivity contribution in [1.29, 1.82) is 0 Å². The van der Waals surface area contributed by atoms with Crippen LogP contribution in [0.15, 0.2) is 75.7 Å². The minimum Gasteiger partial charge on any atom is -0.453 e. The molecule has 0 aliphatic carbocycles. The normalized spacial score (nSPS) is 10.7. The molecular formula is C19H12N2O3. The number of hydrogen-bond acceptors (Lipinski definition) is 5. The summed E-state index contributed by atoms with van der Waals surface area (Å²) in [5.41, 5.74) is 2.42. The monoisotopic (exact) mass is 316 g/mol. The van der Waals surface area contributed by atoms with Gasteiger partial charge in [0.1, 0.15) is 5.76 Å². The summed E-state index contributed by atoms with van der Waals surface area (Å²) in [7, 11) is 0. The quantitative estimate of drug-likeness (QED) is 0.519. The van der Waals surface area contributed by atoms with Gasteiger partial charge in [0.25, 0.3) is 5.89 Å². The smallest absolute Gasteiger partial charge is 0.258 e. The van der Waals surface area contributed by atoms with Gasteiger partial charge in [-0.15, -0.1) is 0 Å². The van der Waals surface area contributed by atoms with Crippen LogP contribution in [0, 0.1) is 0 Å². The highest BCUT2D eigenvalue weighted by molar-refractivity contribution is 5.79. The summed E-state index contributed by atoms with van der Waals surface area (Å²) >= 11 is 0. The number of aromatic nitrogens is 2. The van der Waals surface area contributed by atoms with E-state index in [0.717, 1.165) is 16.7 Å². The molecule has 0 N–H and O–H groups in total. The van der Waals surface area contributed by atoms with E-state index in [1.807, 2.05) is 54.6 Å². The molecule has 0 unspecified atom stereocenters. The Morgan fingerprint density at radius 1 is 0.833 bits per heavy atom. The van der Waals surface area contributed by atoms with Crippen molar-refractivity contribution in [1.82, 2.24) is 10.1 Å². The maximum Gasteiger partial charge on any atom is 0.258 e. The zero-order valence-corrected chi connectivity index (χ0v) is 12.5. The van der Waals surface area contributed by atoms with Crippen LogP contribution in [0.1, 0.15) is 10.6 Å². The number of nitrogens with zero attached hydrogens (tertiary/aromatic N) is 2. The molecule has 0 aliphatic rings. The molecule has 2 heterocycles. The predicted molar refractivity (Wildman–Crippen MR) is 88.3 cm³/mol. The number of carbonyl (C=O) groups excluding carboxylic acids is 1. The van der Waals surface area contributed by atoms with E-state index in [4.69, 9.17) is 8.94 Å². The van der Waals surface area contributed by atoms with Gasteiger partial charge < -0.3 is 8.94 Å². The van der Waals surface area contributed by atoms with Crippen LogP contribution in [0.25, 0.3) is 34.2 Å². The lowest BCUT2D eigenvalue weighted by Crippen LogP contribution is -1.84. The maximum absolute atomic E-state index is 10.8. The number of benzene rings is 2. The zero-order chi connectivity index (χ0) is 16.4. The van der Waals surface area contributed by atoms with Crippen LogP contribution in [0.4, 0.5) is 0 Å². The van der Waals surface area contributed by atoms with E-state index >= 15 is 0 Å². The third-order valence-electron chi connectivity index (χ3n) is 3.62. The highest BCUT2D eigenvalue weighted by atomic mass is 16.5. The Hall–Kier alpha value is -3.47.